The van der Waals surface area contributed by atoms with Crippen molar-refractivity contribution in [1.29, 1.82) is 0 Å². The van der Waals surface area contributed by atoms with Crippen molar-refractivity contribution in [2.75, 3.05) is 19.8 Å². The summed E-state index contributed by atoms with van der Waals surface area (Å²) in [6, 6.07) is 26.3. The SMILES string of the molecule is O=C(NNCCc1ccccc1F)[C@@]1(Cc2ccc(Br)cc2)N=C(c2ccc(OCCCO)cc2)O[C@H]1c1ccc(Cl)cc1Cl. The zero-order chi connectivity index (χ0) is 31.8. The summed E-state index contributed by atoms with van der Waals surface area (Å²) in [4.78, 5) is 19.3. The molecule has 1 amide bonds. The van der Waals surface area contributed by atoms with E-state index in [0.717, 1.165) is 10.0 Å². The number of benzene rings is 4. The number of aliphatic imine (C=N–C) groups is 1. The highest BCUT2D eigenvalue weighted by Crippen LogP contribution is 2.45. The minimum absolute atomic E-state index is 0.0396. The monoisotopic (exact) mass is 713 g/mol. The van der Waals surface area contributed by atoms with E-state index in [-0.39, 0.29) is 31.3 Å². The minimum atomic E-state index is -1.50. The minimum Gasteiger partial charge on any atom is -0.494 e. The van der Waals surface area contributed by atoms with Crippen LogP contribution in [0, 0.1) is 5.82 Å². The Kier molecular flexibility index (Phi) is 11.1. The maximum absolute atomic E-state index is 14.3. The highest BCUT2D eigenvalue weighted by molar-refractivity contribution is 9.10. The lowest BCUT2D eigenvalue weighted by Crippen LogP contribution is -2.54. The van der Waals surface area contributed by atoms with Crippen molar-refractivity contribution in [1.82, 2.24) is 10.9 Å². The molecule has 5 rings (SSSR count). The van der Waals surface area contributed by atoms with Crippen molar-refractivity contribution in [3.8, 4) is 5.75 Å². The molecule has 0 saturated heterocycles. The Morgan fingerprint density at radius 3 is 2.51 bits per heavy atom. The highest BCUT2D eigenvalue weighted by Gasteiger charge is 2.54. The van der Waals surface area contributed by atoms with Gasteiger partial charge in [0.2, 0.25) is 5.90 Å². The molecule has 1 heterocycles. The lowest BCUT2D eigenvalue weighted by atomic mass is 9.82. The summed E-state index contributed by atoms with van der Waals surface area (Å²) >= 11 is 16.4. The van der Waals surface area contributed by atoms with Crippen molar-refractivity contribution in [2.24, 2.45) is 4.99 Å². The number of carbonyl (C=O) groups is 1. The first-order chi connectivity index (χ1) is 21.8. The number of ether oxygens (including phenoxy) is 2. The van der Waals surface area contributed by atoms with Crippen molar-refractivity contribution in [3.63, 3.8) is 0 Å². The summed E-state index contributed by atoms with van der Waals surface area (Å²) < 4.78 is 27.3. The molecule has 4 aromatic carbocycles. The quantitative estimate of drug-likeness (QED) is 0.102. The maximum Gasteiger partial charge on any atom is 0.266 e. The van der Waals surface area contributed by atoms with Crippen LogP contribution in [0.4, 0.5) is 4.39 Å². The number of nitrogens with zero attached hydrogens (tertiary/aromatic N) is 1. The molecule has 1 aliphatic rings. The smallest absolute Gasteiger partial charge is 0.266 e. The van der Waals surface area contributed by atoms with Gasteiger partial charge in [-0.3, -0.25) is 10.2 Å². The van der Waals surface area contributed by atoms with Gasteiger partial charge in [-0.1, -0.05) is 75.5 Å². The van der Waals surface area contributed by atoms with Crippen LogP contribution in [0.2, 0.25) is 10.0 Å². The second-order valence-electron chi connectivity index (χ2n) is 10.5. The van der Waals surface area contributed by atoms with Crippen molar-refractivity contribution >= 4 is 50.9 Å². The van der Waals surface area contributed by atoms with Gasteiger partial charge >= 0.3 is 0 Å². The number of carbonyl (C=O) groups excluding carboxylic acids is 1. The zero-order valence-electron chi connectivity index (χ0n) is 24.1. The van der Waals surface area contributed by atoms with Gasteiger partial charge in [0.05, 0.1) is 6.61 Å². The summed E-state index contributed by atoms with van der Waals surface area (Å²) in [7, 11) is 0. The number of aliphatic hydroxyl groups is 1. The fourth-order valence-electron chi connectivity index (χ4n) is 5.04. The molecule has 45 heavy (non-hydrogen) atoms. The number of hydrazine groups is 1. The molecule has 0 bridgehead atoms. The van der Waals surface area contributed by atoms with E-state index >= 15 is 0 Å². The average Bonchev–Trinajstić information content (AvgIpc) is 3.41. The Bertz CT molecular complexity index is 1660. The lowest BCUT2D eigenvalue weighted by molar-refractivity contribution is -0.130. The molecule has 0 fully saturated rings. The predicted octanol–water partition coefficient (Wildman–Crippen LogP) is 7.02. The van der Waals surface area contributed by atoms with E-state index in [4.69, 9.17) is 42.8 Å². The Hall–Kier alpha value is -3.47. The van der Waals surface area contributed by atoms with Gasteiger partial charge in [-0.25, -0.2) is 14.8 Å². The second-order valence-corrected chi connectivity index (χ2v) is 12.2. The molecule has 11 heteroatoms. The standard InChI is InChI=1S/C34H31BrCl2FN3O4/c35-25-10-6-22(7-11-25)21-34(33(43)41-39-17-16-23-4-1-2-5-30(23)38)31(28-15-12-26(36)20-29(28)37)45-32(40-34)24-8-13-27(14-9-24)44-19-3-18-42/h1-2,4-15,20,31,39,42H,3,16-19,21H2,(H,41,43)/t31-,34-/m0/s1. The maximum atomic E-state index is 14.3. The summed E-state index contributed by atoms with van der Waals surface area (Å²) in [5.41, 5.74) is 6.82. The molecular weight excluding hydrogens is 684 g/mol. The Balaban J connectivity index is 1.50. The Labute approximate surface area is 279 Å². The van der Waals surface area contributed by atoms with E-state index < -0.39 is 17.6 Å². The molecule has 7 nitrogen and oxygen atoms in total. The van der Waals surface area contributed by atoms with Crippen LogP contribution < -0.4 is 15.6 Å². The van der Waals surface area contributed by atoms with Crippen molar-refractivity contribution < 1.29 is 23.8 Å². The first-order valence-electron chi connectivity index (χ1n) is 14.4. The molecule has 0 aliphatic carbocycles. The molecule has 0 radical (unpaired) electrons. The molecular formula is C34H31BrCl2FN3O4. The number of halogens is 4. The lowest BCUT2D eigenvalue weighted by Gasteiger charge is -2.31. The first-order valence-corrected chi connectivity index (χ1v) is 15.9. The summed E-state index contributed by atoms with van der Waals surface area (Å²) in [6.07, 6.45) is 0.131. The van der Waals surface area contributed by atoms with Crippen LogP contribution in [0.3, 0.4) is 0 Å². The molecule has 0 unspecified atom stereocenters. The number of aliphatic hydroxyl groups excluding tert-OH is 1. The molecule has 2 atom stereocenters. The van der Waals surface area contributed by atoms with Gasteiger partial charge in [-0.15, -0.1) is 0 Å². The van der Waals surface area contributed by atoms with E-state index in [0.29, 0.717) is 51.9 Å². The van der Waals surface area contributed by atoms with Gasteiger partial charge in [0, 0.05) is 51.6 Å². The second kappa shape index (κ2) is 15.2. The fraction of sp³-hybridized carbons (Fsp3) is 0.235. The van der Waals surface area contributed by atoms with E-state index in [2.05, 4.69) is 26.8 Å². The predicted molar refractivity (Wildman–Crippen MR) is 177 cm³/mol. The van der Waals surface area contributed by atoms with E-state index in [1.807, 2.05) is 24.3 Å². The van der Waals surface area contributed by atoms with E-state index in [9.17, 15) is 9.18 Å². The largest absolute Gasteiger partial charge is 0.494 e. The molecule has 1 aliphatic heterocycles. The molecule has 4 aromatic rings. The van der Waals surface area contributed by atoms with Gasteiger partial charge in [0.1, 0.15) is 11.6 Å². The van der Waals surface area contributed by atoms with Crippen LogP contribution in [0.15, 0.2) is 100 Å². The van der Waals surface area contributed by atoms with Gasteiger partial charge < -0.3 is 14.6 Å². The molecule has 0 spiro atoms. The third-order valence-corrected chi connectivity index (χ3v) is 8.43. The van der Waals surface area contributed by atoms with Crippen LogP contribution >= 0.6 is 39.1 Å². The molecule has 234 valence electrons. The first kappa shape index (κ1) is 32.9. The topological polar surface area (TPSA) is 92.2 Å². The van der Waals surface area contributed by atoms with Crippen LogP contribution in [0.25, 0.3) is 0 Å². The number of hydrogen-bond donors (Lipinski definition) is 3. The number of hydrogen-bond acceptors (Lipinski definition) is 6. The molecule has 0 aromatic heterocycles. The van der Waals surface area contributed by atoms with Crippen LogP contribution in [-0.2, 0) is 22.4 Å². The normalized spacial score (nSPS) is 17.4. The zero-order valence-corrected chi connectivity index (χ0v) is 27.2. The van der Waals surface area contributed by atoms with Crippen molar-refractivity contribution in [3.05, 3.63) is 134 Å². The highest BCUT2D eigenvalue weighted by atomic mass is 79.9. The fourth-order valence-corrected chi connectivity index (χ4v) is 5.81. The number of amides is 1. The Morgan fingerprint density at radius 1 is 1.04 bits per heavy atom. The van der Waals surface area contributed by atoms with Gasteiger partial charge in [0.15, 0.2) is 11.6 Å². The van der Waals surface area contributed by atoms with Crippen molar-refractivity contribution in [2.45, 2.75) is 30.9 Å². The summed E-state index contributed by atoms with van der Waals surface area (Å²) in [6.45, 7) is 0.700. The average molecular weight is 715 g/mol. The third kappa shape index (κ3) is 8.04. The number of nitrogens with one attached hydrogen (secondary N) is 2. The van der Waals surface area contributed by atoms with Gasteiger partial charge in [-0.2, -0.15) is 0 Å². The molecule has 3 N–H and O–H groups in total. The van der Waals surface area contributed by atoms with Crippen LogP contribution in [0.5, 0.6) is 5.75 Å². The third-order valence-electron chi connectivity index (χ3n) is 7.34. The van der Waals surface area contributed by atoms with Gasteiger partial charge in [0.25, 0.3) is 5.91 Å². The molecule has 0 saturated carbocycles. The number of rotatable bonds is 13. The summed E-state index contributed by atoms with van der Waals surface area (Å²) in [5, 5.41) is 9.82. The Morgan fingerprint density at radius 2 is 1.80 bits per heavy atom. The van der Waals surface area contributed by atoms with E-state index in [1.165, 1.54) is 6.07 Å². The van der Waals surface area contributed by atoms with Crippen LogP contribution in [0.1, 0.15) is 34.8 Å². The van der Waals surface area contributed by atoms with E-state index in [1.54, 1.807) is 60.7 Å². The summed E-state index contributed by atoms with van der Waals surface area (Å²) in [5.74, 6) is 0.125. The van der Waals surface area contributed by atoms with Crippen LogP contribution in [-0.4, -0.2) is 42.2 Å². The van der Waals surface area contributed by atoms with Gasteiger partial charge in [-0.05, 0) is 72.1 Å².